The minimum Gasteiger partial charge on any atom is -0.282 e. The fourth-order valence-electron chi connectivity index (χ4n) is 1.97. The Labute approximate surface area is 113 Å². The monoisotopic (exact) mass is 263 g/mol. The van der Waals surface area contributed by atoms with E-state index in [1.165, 1.54) is 5.56 Å². The van der Waals surface area contributed by atoms with E-state index in [0.717, 1.165) is 22.4 Å². The zero-order valence-corrected chi connectivity index (χ0v) is 12.2. The van der Waals surface area contributed by atoms with Gasteiger partial charge >= 0.3 is 0 Å². The second-order valence-electron chi connectivity index (χ2n) is 5.55. The summed E-state index contributed by atoms with van der Waals surface area (Å²) in [5.41, 5.74) is 2.25. The molecular weight excluding hydrogens is 246 g/mol. The number of hydrogen-bond acceptors (Lipinski definition) is 2. The Bertz CT molecular complexity index is 560. The van der Waals surface area contributed by atoms with Crippen molar-refractivity contribution in [2.24, 2.45) is 0 Å². The van der Waals surface area contributed by atoms with Gasteiger partial charge in [0, 0.05) is 0 Å². The summed E-state index contributed by atoms with van der Waals surface area (Å²) in [4.78, 5) is 0. The van der Waals surface area contributed by atoms with E-state index in [-0.39, 0.29) is 5.41 Å². The van der Waals surface area contributed by atoms with Gasteiger partial charge in [-0.1, -0.05) is 38.4 Å². The molecule has 3 nitrogen and oxygen atoms in total. The molecule has 0 bridgehead atoms. The topological polar surface area (TPSA) is 30.7 Å². The van der Waals surface area contributed by atoms with Crippen molar-refractivity contribution in [3.63, 3.8) is 0 Å². The van der Waals surface area contributed by atoms with Crippen LogP contribution in [-0.4, -0.2) is 14.8 Å². The summed E-state index contributed by atoms with van der Waals surface area (Å²) in [5.74, 6) is 1.69. The lowest BCUT2D eigenvalue weighted by Gasteiger charge is -2.20. The molecular formula is C14H18ClN3. The van der Waals surface area contributed by atoms with Gasteiger partial charge in [0.1, 0.15) is 11.6 Å². The maximum atomic E-state index is 6.39. The fourth-order valence-corrected chi connectivity index (χ4v) is 2.24. The number of halogens is 1. The average Bonchev–Trinajstić information content (AvgIpc) is 2.58. The third-order valence-corrected chi connectivity index (χ3v) is 3.34. The second kappa shape index (κ2) is 4.39. The third kappa shape index (κ3) is 2.27. The number of hydrogen-bond donors (Lipinski definition) is 0. The highest BCUT2D eigenvalue weighted by Crippen LogP contribution is 2.29. The van der Waals surface area contributed by atoms with Gasteiger partial charge in [-0.3, -0.25) is 4.57 Å². The van der Waals surface area contributed by atoms with Gasteiger partial charge in [0.15, 0.2) is 0 Å². The van der Waals surface area contributed by atoms with Crippen molar-refractivity contribution in [1.29, 1.82) is 0 Å². The average molecular weight is 264 g/mol. The highest BCUT2D eigenvalue weighted by Gasteiger charge is 2.17. The van der Waals surface area contributed by atoms with Crippen molar-refractivity contribution in [1.82, 2.24) is 14.8 Å². The van der Waals surface area contributed by atoms with Gasteiger partial charge in [0.05, 0.1) is 10.7 Å². The van der Waals surface area contributed by atoms with Crippen LogP contribution in [0.4, 0.5) is 0 Å². The lowest BCUT2D eigenvalue weighted by Crippen LogP contribution is -2.11. The highest BCUT2D eigenvalue weighted by molar-refractivity contribution is 6.32. The van der Waals surface area contributed by atoms with Gasteiger partial charge < -0.3 is 0 Å². The molecule has 1 aromatic heterocycles. The maximum Gasteiger partial charge on any atom is 0.134 e. The summed E-state index contributed by atoms with van der Waals surface area (Å²) < 4.78 is 1.97. The minimum absolute atomic E-state index is 0.0967. The van der Waals surface area contributed by atoms with Crippen LogP contribution in [-0.2, 0) is 5.41 Å². The molecule has 1 aromatic carbocycles. The molecule has 4 heteroatoms. The number of aromatic nitrogens is 3. The van der Waals surface area contributed by atoms with Crippen LogP contribution in [0.25, 0.3) is 5.69 Å². The predicted molar refractivity (Wildman–Crippen MR) is 74.5 cm³/mol. The number of rotatable bonds is 1. The molecule has 0 N–H and O–H groups in total. The minimum atomic E-state index is 0.0967. The summed E-state index contributed by atoms with van der Waals surface area (Å²) in [6.07, 6.45) is 0. The van der Waals surface area contributed by atoms with Gasteiger partial charge in [-0.25, -0.2) is 0 Å². The summed E-state index contributed by atoms with van der Waals surface area (Å²) >= 11 is 6.39. The summed E-state index contributed by atoms with van der Waals surface area (Å²) in [6, 6.07) is 6.17. The predicted octanol–water partition coefficient (Wildman–Crippen LogP) is 3.84. The summed E-state index contributed by atoms with van der Waals surface area (Å²) in [5, 5.41) is 8.85. The van der Waals surface area contributed by atoms with Crippen LogP contribution in [0.5, 0.6) is 0 Å². The molecule has 0 radical (unpaired) electrons. The maximum absolute atomic E-state index is 6.39. The first-order valence-electron chi connectivity index (χ1n) is 6.00. The molecule has 18 heavy (non-hydrogen) atoms. The first-order chi connectivity index (χ1) is 8.30. The molecule has 2 rings (SSSR count). The zero-order chi connectivity index (χ0) is 13.5. The van der Waals surface area contributed by atoms with Gasteiger partial charge in [-0.05, 0) is 37.0 Å². The van der Waals surface area contributed by atoms with Gasteiger partial charge in [-0.2, -0.15) is 0 Å². The van der Waals surface area contributed by atoms with Gasteiger partial charge in [-0.15, -0.1) is 10.2 Å². The molecule has 96 valence electrons. The van der Waals surface area contributed by atoms with Crippen molar-refractivity contribution in [3.05, 3.63) is 40.4 Å². The first kappa shape index (κ1) is 13.1. The Balaban J connectivity index is 2.55. The molecule has 0 aliphatic heterocycles. The van der Waals surface area contributed by atoms with E-state index < -0.39 is 0 Å². The van der Waals surface area contributed by atoms with E-state index in [1.54, 1.807) is 0 Å². The van der Waals surface area contributed by atoms with Crippen molar-refractivity contribution in [2.75, 3.05) is 0 Å². The van der Waals surface area contributed by atoms with Crippen molar-refractivity contribution >= 4 is 11.6 Å². The second-order valence-corrected chi connectivity index (χ2v) is 5.95. The van der Waals surface area contributed by atoms with Crippen LogP contribution in [0.15, 0.2) is 18.2 Å². The first-order valence-corrected chi connectivity index (χ1v) is 6.37. The molecule has 0 spiro atoms. The lowest BCUT2D eigenvalue weighted by molar-refractivity contribution is 0.590. The molecule has 1 heterocycles. The zero-order valence-electron chi connectivity index (χ0n) is 11.5. The SMILES string of the molecule is Cc1nnc(C)n1-c1ccc(C(C)(C)C)cc1Cl. The molecule has 0 fully saturated rings. The number of benzene rings is 1. The van der Waals surface area contributed by atoms with E-state index in [2.05, 4.69) is 37.0 Å². The summed E-state index contributed by atoms with van der Waals surface area (Å²) in [6.45, 7) is 10.4. The molecule has 0 amide bonds. The summed E-state index contributed by atoms with van der Waals surface area (Å²) in [7, 11) is 0. The van der Waals surface area contributed by atoms with E-state index in [9.17, 15) is 0 Å². The molecule has 0 aliphatic carbocycles. The van der Waals surface area contributed by atoms with E-state index in [0.29, 0.717) is 0 Å². The molecule has 0 saturated carbocycles. The van der Waals surface area contributed by atoms with E-state index in [4.69, 9.17) is 11.6 Å². The van der Waals surface area contributed by atoms with Gasteiger partial charge in [0.25, 0.3) is 0 Å². The van der Waals surface area contributed by atoms with Crippen LogP contribution in [0, 0.1) is 13.8 Å². The highest BCUT2D eigenvalue weighted by atomic mass is 35.5. The largest absolute Gasteiger partial charge is 0.282 e. The molecule has 0 unspecified atom stereocenters. The van der Waals surface area contributed by atoms with Crippen LogP contribution >= 0.6 is 11.6 Å². The van der Waals surface area contributed by atoms with Crippen molar-refractivity contribution in [2.45, 2.75) is 40.0 Å². The van der Waals surface area contributed by atoms with E-state index >= 15 is 0 Å². The van der Waals surface area contributed by atoms with Crippen LogP contribution in [0.1, 0.15) is 38.0 Å². The quantitative estimate of drug-likeness (QED) is 0.783. The third-order valence-electron chi connectivity index (χ3n) is 3.04. The Morgan fingerprint density at radius 3 is 2.06 bits per heavy atom. The fraction of sp³-hybridized carbons (Fsp3) is 0.429. The Morgan fingerprint density at radius 2 is 1.61 bits per heavy atom. The van der Waals surface area contributed by atoms with Crippen LogP contribution < -0.4 is 0 Å². The normalized spacial score (nSPS) is 11.9. The van der Waals surface area contributed by atoms with Crippen molar-refractivity contribution < 1.29 is 0 Å². The van der Waals surface area contributed by atoms with Gasteiger partial charge in [0.2, 0.25) is 0 Å². The molecule has 2 aromatic rings. The lowest BCUT2D eigenvalue weighted by atomic mass is 9.87. The standard InChI is InChI=1S/C14H18ClN3/c1-9-16-17-10(2)18(9)13-7-6-11(8-12(13)15)14(3,4)5/h6-8H,1-5H3. The Hall–Kier alpha value is -1.35. The van der Waals surface area contributed by atoms with Crippen LogP contribution in [0.2, 0.25) is 5.02 Å². The molecule has 0 aliphatic rings. The Morgan fingerprint density at radius 1 is 1.06 bits per heavy atom. The Kier molecular flexibility index (Phi) is 3.20. The van der Waals surface area contributed by atoms with Crippen LogP contribution in [0.3, 0.4) is 0 Å². The molecule has 0 saturated heterocycles. The smallest absolute Gasteiger partial charge is 0.134 e. The van der Waals surface area contributed by atoms with E-state index in [1.807, 2.05) is 30.5 Å². The number of nitrogens with zero attached hydrogens (tertiary/aromatic N) is 3. The molecule has 0 atom stereocenters. The number of aryl methyl sites for hydroxylation is 2. The van der Waals surface area contributed by atoms with Crippen molar-refractivity contribution in [3.8, 4) is 5.69 Å².